The third kappa shape index (κ3) is 2.58. The van der Waals surface area contributed by atoms with Crippen LogP contribution >= 0.6 is 0 Å². The first-order valence-electron chi connectivity index (χ1n) is 6.09. The van der Waals surface area contributed by atoms with Crippen LogP contribution in [0.4, 0.5) is 0 Å². The lowest BCUT2D eigenvalue weighted by molar-refractivity contribution is 0.0656. The van der Waals surface area contributed by atoms with Gasteiger partial charge in [0, 0.05) is 0 Å². The van der Waals surface area contributed by atoms with Gasteiger partial charge in [-0.15, -0.1) is 0 Å². The summed E-state index contributed by atoms with van der Waals surface area (Å²) < 4.78 is 29.5. The molecule has 1 fully saturated rings. The number of sulfone groups is 1. The van der Waals surface area contributed by atoms with E-state index in [2.05, 4.69) is 0 Å². The number of hydrogen-bond acceptors (Lipinski definition) is 4. The fraction of sp³-hybridized carbons (Fsp3) is 0.583. The van der Waals surface area contributed by atoms with Crippen molar-refractivity contribution in [2.24, 2.45) is 0 Å². The van der Waals surface area contributed by atoms with E-state index in [0.717, 1.165) is 25.7 Å². The highest BCUT2D eigenvalue weighted by molar-refractivity contribution is 7.91. The first kappa shape index (κ1) is 13.1. The van der Waals surface area contributed by atoms with Gasteiger partial charge in [0.2, 0.25) is 20.7 Å². The molecule has 0 atom stereocenters. The van der Waals surface area contributed by atoms with Gasteiger partial charge in [-0.3, -0.25) is 0 Å². The maximum Gasteiger partial charge on any atom is 0.371 e. The topological polar surface area (TPSA) is 84.6 Å². The van der Waals surface area contributed by atoms with Gasteiger partial charge in [0.15, 0.2) is 0 Å². The second-order valence-corrected chi connectivity index (χ2v) is 6.74. The summed E-state index contributed by atoms with van der Waals surface area (Å²) in [6, 6.07) is 2.43. The molecule has 100 valence electrons. The first-order chi connectivity index (χ1) is 8.51. The fourth-order valence-corrected chi connectivity index (χ4v) is 4.05. The molecule has 1 heterocycles. The Bertz CT molecular complexity index is 520. The molecule has 6 heteroatoms. The summed E-state index contributed by atoms with van der Waals surface area (Å²) in [5.74, 6) is -1.58. The van der Waals surface area contributed by atoms with Crippen LogP contribution in [0.1, 0.15) is 49.1 Å². The molecule has 18 heavy (non-hydrogen) atoms. The van der Waals surface area contributed by atoms with Crippen molar-refractivity contribution in [2.45, 2.75) is 48.9 Å². The van der Waals surface area contributed by atoms with Crippen molar-refractivity contribution in [2.75, 3.05) is 0 Å². The van der Waals surface area contributed by atoms with E-state index in [4.69, 9.17) is 9.52 Å². The largest absolute Gasteiger partial charge is 0.475 e. The van der Waals surface area contributed by atoms with Gasteiger partial charge in [-0.2, -0.15) is 0 Å². The van der Waals surface area contributed by atoms with E-state index in [-0.39, 0.29) is 10.9 Å². The van der Waals surface area contributed by atoms with Gasteiger partial charge in [0.1, 0.15) is 0 Å². The Morgan fingerprint density at radius 2 is 1.78 bits per heavy atom. The zero-order valence-electron chi connectivity index (χ0n) is 9.96. The van der Waals surface area contributed by atoms with Gasteiger partial charge in [-0.05, 0) is 25.0 Å². The van der Waals surface area contributed by atoms with Gasteiger partial charge in [0.05, 0.1) is 5.25 Å². The van der Waals surface area contributed by atoms with Crippen molar-refractivity contribution in [3.05, 3.63) is 17.9 Å². The molecular formula is C12H16O5S. The van der Waals surface area contributed by atoms with Crippen molar-refractivity contribution in [3.8, 4) is 0 Å². The van der Waals surface area contributed by atoms with Crippen LogP contribution in [0.25, 0.3) is 0 Å². The molecule has 1 aromatic rings. The molecule has 1 N–H and O–H groups in total. The van der Waals surface area contributed by atoms with Gasteiger partial charge < -0.3 is 9.52 Å². The third-order valence-electron chi connectivity index (χ3n) is 3.31. The van der Waals surface area contributed by atoms with Crippen molar-refractivity contribution in [3.63, 3.8) is 0 Å². The molecule has 0 amide bonds. The number of rotatable bonds is 3. The minimum atomic E-state index is -3.53. The second kappa shape index (κ2) is 5.14. The van der Waals surface area contributed by atoms with Crippen LogP contribution < -0.4 is 0 Å². The number of hydrogen-bond donors (Lipinski definition) is 1. The molecule has 0 unspecified atom stereocenters. The Labute approximate surface area is 106 Å². The summed E-state index contributed by atoms with van der Waals surface area (Å²) in [7, 11) is -3.53. The van der Waals surface area contributed by atoms with Crippen LogP contribution in [0.5, 0.6) is 0 Å². The number of furan rings is 1. The van der Waals surface area contributed by atoms with Crippen LogP contribution in [0.15, 0.2) is 21.6 Å². The first-order valence-corrected chi connectivity index (χ1v) is 7.63. The number of carboxylic acid groups (broad SMARTS) is 1. The van der Waals surface area contributed by atoms with E-state index >= 15 is 0 Å². The van der Waals surface area contributed by atoms with Crippen LogP contribution in [0.3, 0.4) is 0 Å². The number of carbonyl (C=O) groups is 1. The maximum absolute atomic E-state index is 12.3. The smallest absolute Gasteiger partial charge is 0.371 e. The molecule has 0 radical (unpaired) electrons. The van der Waals surface area contributed by atoms with Crippen LogP contribution in [-0.2, 0) is 9.84 Å². The summed E-state index contributed by atoms with van der Waals surface area (Å²) in [5, 5.41) is 8.08. The fourth-order valence-electron chi connectivity index (χ4n) is 2.30. The van der Waals surface area contributed by atoms with Crippen LogP contribution in [0.2, 0.25) is 0 Å². The minimum absolute atomic E-state index is 0.216. The van der Waals surface area contributed by atoms with Gasteiger partial charge in [-0.1, -0.05) is 25.7 Å². The lowest BCUT2D eigenvalue weighted by Gasteiger charge is -2.12. The Morgan fingerprint density at radius 1 is 1.17 bits per heavy atom. The maximum atomic E-state index is 12.3. The van der Waals surface area contributed by atoms with Crippen LogP contribution in [-0.4, -0.2) is 24.7 Å². The van der Waals surface area contributed by atoms with Gasteiger partial charge in [-0.25, -0.2) is 13.2 Å². The molecule has 1 aliphatic carbocycles. The zero-order valence-corrected chi connectivity index (χ0v) is 10.8. The molecule has 0 aliphatic heterocycles. The molecule has 1 saturated carbocycles. The van der Waals surface area contributed by atoms with Crippen molar-refractivity contribution in [1.82, 2.24) is 0 Å². The third-order valence-corrected chi connectivity index (χ3v) is 5.44. The van der Waals surface area contributed by atoms with Crippen LogP contribution in [0, 0.1) is 0 Å². The summed E-state index contributed by atoms with van der Waals surface area (Å²) in [4.78, 5) is 10.7. The summed E-state index contributed by atoms with van der Waals surface area (Å²) in [6.45, 7) is 0. The zero-order chi connectivity index (χ0) is 13.2. The standard InChI is InChI=1S/C12H16O5S/c13-12(14)10-7-8-11(17-10)18(15,16)9-5-3-1-2-4-6-9/h7-9H,1-6H2,(H,13,14). The monoisotopic (exact) mass is 272 g/mol. The van der Waals surface area contributed by atoms with E-state index in [1.165, 1.54) is 12.1 Å². The Morgan fingerprint density at radius 3 is 2.28 bits per heavy atom. The number of aromatic carboxylic acids is 1. The second-order valence-electron chi connectivity index (χ2n) is 4.58. The molecule has 0 bridgehead atoms. The highest BCUT2D eigenvalue weighted by Gasteiger charge is 2.31. The van der Waals surface area contributed by atoms with Crippen molar-refractivity contribution in [1.29, 1.82) is 0 Å². The lowest BCUT2D eigenvalue weighted by atomic mass is 10.2. The van der Waals surface area contributed by atoms with E-state index in [1.807, 2.05) is 0 Å². The normalized spacial score (nSPS) is 18.4. The Balaban J connectivity index is 2.25. The van der Waals surface area contributed by atoms with E-state index in [0.29, 0.717) is 12.8 Å². The molecule has 0 aromatic carbocycles. The number of carboxylic acids is 1. The summed E-state index contributed by atoms with van der Waals surface area (Å²) >= 11 is 0. The quantitative estimate of drug-likeness (QED) is 0.854. The molecular weight excluding hydrogens is 256 g/mol. The molecule has 2 rings (SSSR count). The minimum Gasteiger partial charge on any atom is -0.475 e. The lowest BCUT2D eigenvalue weighted by Crippen LogP contribution is -2.20. The summed E-state index contributed by atoms with van der Waals surface area (Å²) in [5.41, 5.74) is 0. The van der Waals surface area contributed by atoms with Crippen molar-refractivity contribution >= 4 is 15.8 Å². The molecule has 0 spiro atoms. The predicted octanol–water partition coefficient (Wildman–Crippen LogP) is 2.47. The average molecular weight is 272 g/mol. The SMILES string of the molecule is O=C(O)c1ccc(S(=O)(=O)C2CCCCCC2)o1. The molecule has 1 aliphatic rings. The van der Waals surface area contributed by atoms with Gasteiger partial charge >= 0.3 is 5.97 Å². The average Bonchev–Trinajstić information content (AvgIpc) is 2.66. The van der Waals surface area contributed by atoms with E-state index < -0.39 is 21.1 Å². The Kier molecular flexibility index (Phi) is 3.75. The summed E-state index contributed by atoms with van der Waals surface area (Å²) in [6.07, 6.45) is 5.18. The van der Waals surface area contributed by atoms with E-state index in [9.17, 15) is 13.2 Å². The molecule has 5 nitrogen and oxygen atoms in total. The molecule has 1 aromatic heterocycles. The van der Waals surface area contributed by atoms with E-state index in [1.54, 1.807) is 0 Å². The predicted molar refractivity (Wildman–Crippen MR) is 64.3 cm³/mol. The molecule has 0 saturated heterocycles. The van der Waals surface area contributed by atoms with Gasteiger partial charge in [0.25, 0.3) is 0 Å². The highest BCUT2D eigenvalue weighted by atomic mass is 32.2. The highest BCUT2D eigenvalue weighted by Crippen LogP contribution is 2.28. The Hall–Kier alpha value is -1.30. The van der Waals surface area contributed by atoms with Crippen molar-refractivity contribution < 1.29 is 22.7 Å².